The van der Waals surface area contributed by atoms with Crippen molar-refractivity contribution in [1.82, 2.24) is 0 Å². The van der Waals surface area contributed by atoms with Crippen LogP contribution in [0.5, 0.6) is 5.75 Å². The van der Waals surface area contributed by atoms with Crippen LogP contribution in [-0.4, -0.2) is 24.9 Å². The van der Waals surface area contributed by atoms with Gasteiger partial charge in [0, 0.05) is 6.21 Å². The highest BCUT2D eigenvalue weighted by Crippen LogP contribution is 2.19. The molecule has 2 aromatic carbocycles. The summed E-state index contributed by atoms with van der Waals surface area (Å²) >= 11 is 0. The first-order chi connectivity index (χ1) is 11.4. The van der Waals surface area contributed by atoms with Crippen molar-refractivity contribution in [2.45, 2.75) is 33.8 Å². The van der Waals surface area contributed by atoms with E-state index >= 15 is 0 Å². The molecular weight excluding hydrogens is 302 g/mol. The molecule has 2 rings (SSSR count). The third kappa shape index (κ3) is 5.54. The van der Waals surface area contributed by atoms with Crippen molar-refractivity contribution < 1.29 is 14.3 Å². The summed E-state index contributed by atoms with van der Waals surface area (Å²) in [5.41, 5.74) is 4.29. The van der Waals surface area contributed by atoms with Crippen LogP contribution in [0.25, 0.3) is 0 Å². The van der Waals surface area contributed by atoms with Crippen molar-refractivity contribution in [3.05, 3.63) is 59.2 Å². The van der Waals surface area contributed by atoms with Gasteiger partial charge in [0.05, 0.1) is 11.8 Å². The average molecular weight is 325 g/mol. The summed E-state index contributed by atoms with van der Waals surface area (Å²) < 4.78 is 10.4. The number of aryl methyl sites for hydroxylation is 2. The van der Waals surface area contributed by atoms with E-state index in [9.17, 15) is 4.79 Å². The third-order valence-electron chi connectivity index (χ3n) is 3.31. The Morgan fingerprint density at radius 3 is 2.46 bits per heavy atom. The van der Waals surface area contributed by atoms with E-state index in [-0.39, 0.29) is 18.7 Å². The van der Waals surface area contributed by atoms with Crippen LogP contribution in [0, 0.1) is 13.8 Å². The van der Waals surface area contributed by atoms with Gasteiger partial charge in [-0.2, -0.15) is 0 Å². The molecule has 0 N–H and O–H groups in total. The van der Waals surface area contributed by atoms with Crippen LogP contribution in [0.3, 0.4) is 0 Å². The number of benzene rings is 2. The quantitative estimate of drug-likeness (QED) is 0.585. The van der Waals surface area contributed by atoms with Gasteiger partial charge in [-0.05, 0) is 69.2 Å². The fourth-order valence-electron chi connectivity index (χ4n) is 2.18. The summed E-state index contributed by atoms with van der Waals surface area (Å²) in [5, 5.41) is 0. The lowest BCUT2D eigenvalue weighted by Gasteiger charge is -2.09. The number of rotatable bonds is 6. The molecule has 0 fully saturated rings. The molecule has 0 amide bonds. The normalized spacial score (nSPS) is 11.0. The molecule has 0 saturated heterocycles. The second-order valence-electron chi connectivity index (χ2n) is 5.94. The second kappa shape index (κ2) is 8.29. The molecule has 0 atom stereocenters. The van der Waals surface area contributed by atoms with Crippen LogP contribution in [0.2, 0.25) is 0 Å². The van der Waals surface area contributed by atoms with Gasteiger partial charge in [-0.1, -0.05) is 17.7 Å². The molecule has 0 spiro atoms. The molecule has 24 heavy (non-hydrogen) atoms. The third-order valence-corrected chi connectivity index (χ3v) is 3.31. The van der Waals surface area contributed by atoms with Crippen LogP contribution in [0.15, 0.2) is 47.5 Å². The lowest BCUT2D eigenvalue weighted by atomic mass is 10.1. The molecule has 4 heteroatoms. The monoisotopic (exact) mass is 325 g/mol. The van der Waals surface area contributed by atoms with Gasteiger partial charge in [0.1, 0.15) is 5.75 Å². The Bertz CT molecular complexity index is 718. The Hall–Kier alpha value is -2.62. The lowest BCUT2D eigenvalue weighted by Crippen LogP contribution is -2.18. The molecule has 0 bridgehead atoms. The summed E-state index contributed by atoms with van der Waals surface area (Å²) in [6, 6.07) is 13.6. The van der Waals surface area contributed by atoms with Crippen LogP contribution in [-0.2, 0) is 9.53 Å². The number of aliphatic imine (C=N–C) groups is 1. The van der Waals surface area contributed by atoms with Crippen LogP contribution in [0.4, 0.5) is 5.69 Å². The summed E-state index contributed by atoms with van der Waals surface area (Å²) in [7, 11) is 0. The maximum Gasteiger partial charge on any atom is 0.344 e. The molecule has 0 radical (unpaired) electrons. The molecule has 0 aliphatic heterocycles. The first-order valence-corrected chi connectivity index (χ1v) is 7.97. The topological polar surface area (TPSA) is 47.9 Å². The van der Waals surface area contributed by atoms with Crippen molar-refractivity contribution in [1.29, 1.82) is 0 Å². The van der Waals surface area contributed by atoms with E-state index in [2.05, 4.69) is 18.0 Å². The maximum atomic E-state index is 11.4. The van der Waals surface area contributed by atoms with Gasteiger partial charge in [-0.15, -0.1) is 0 Å². The first-order valence-electron chi connectivity index (χ1n) is 7.97. The SMILES string of the molecule is Cc1ccc(N=Cc2ccc(OCC(=O)OC(C)C)cc2)c(C)c1. The number of carbonyl (C=O) groups excluding carboxylic acids is 1. The van der Waals surface area contributed by atoms with Crippen LogP contribution < -0.4 is 4.74 Å². The molecule has 126 valence electrons. The minimum Gasteiger partial charge on any atom is -0.482 e. The van der Waals surface area contributed by atoms with E-state index in [1.165, 1.54) is 5.56 Å². The molecule has 0 aliphatic rings. The van der Waals surface area contributed by atoms with E-state index in [0.717, 1.165) is 16.8 Å². The van der Waals surface area contributed by atoms with Crippen LogP contribution >= 0.6 is 0 Å². The molecule has 0 aliphatic carbocycles. The summed E-state index contributed by atoms with van der Waals surface area (Å²) in [4.78, 5) is 16.0. The highest BCUT2D eigenvalue weighted by atomic mass is 16.6. The average Bonchev–Trinajstić information content (AvgIpc) is 2.52. The Kier molecular flexibility index (Phi) is 6.13. The predicted octanol–water partition coefficient (Wildman–Crippen LogP) is 4.38. The fourth-order valence-corrected chi connectivity index (χ4v) is 2.18. The minimum absolute atomic E-state index is 0.0891. The Morgan fingerprint density at radius 2 is 1.83 bits per heavy atom. The van der Waals surface area contributed by atoms with Gasteiger partial charge >= 0.3 is 5.97 Å². The van der Waals surface area contributed by atoms with E-state index in [0.29, 0.717) is 5.75 Å². The zero-order valence-corrected chi connectivity index (χ0v) is 14.6. The zero-order chi connectivity index (χ0) is 17.5. The van der Waals surface area contributed by atoms with Gasteiger partial charge in [-0.25, -0.2) is 4.79 Å². The highest BCUT2D eigenvalue weighted by molar-refractivity contribution is 5.82. The number of nitrogens with zero attached hydrogens (tertiary/aromatic N) is 1. The lowest BCUT2D eigenvalue weighted by molar-refractivity contribution is -0.149. The van der Waals surface area contributed by atoms with E-state index in [1.54, 1.807) is 0 Å². The summed E-state index contributed by atoms with van der Waals surface area (Å²) in [6.45, 7) is 7.64. The van der Waals surface area contributed by atoms with Gasteiger partial charge < -0.3 is 9.47 Å². The van der Waals surface area contributed by atoms with E-state index < -0.39 is 0 Å². The van der Waals surface area contributed by atoms with Crippen LogP contribution in [0.1, 0.15) is 30.5 Å². The maximum absolute atomic E-state index is 11.4. The van der Waals surface area contributed by atoms with Gasteiger partial charge in [0.2, 0.25) is 0 Å². The number of hydrogen-bond donors (Lipinski definition) is 0. The number of carbonyl (C=O) groups is 1. The molecule has 0 unspecified atom stereocenters. The number of esters is 1. The summed E-state index contributed by atoms with van der Waals surface area (Å²) in [5.74, 6) is 0.254. The van der Waals surface area contributed by atoms with Crippen molar-refractivity contribution in [3.63, 3.8) is 0 Å². The Labute approximate surface area is 143 Å². The molecule has 4 nitrogen and oxygen atoms in total. The van der Waals surface area contributed by atoms with Gasteiger partial charge in [0.25, 0.3) is 0 Å². The number of hydrogen-bond acceptors (Lipinski definition) is 4. The Balaban J connectivity index is 1.94. The molecule has 2 aromatic rings. The number of ether oxygens (including phenoxy) is 2. The smallest absolute Gasteiger partial charge is 0.344 e. The predicted molar refractivity (Wildman–Crippen MR) is 96.3 cm³/mol. The fraction of sp³-hybridized carbons (Fsp3) is 0.300. The molecule has 0 aromatic heterocycles. The second-order valence-corrected chi connectivity index (χ2v) is 5.94. The van der Waals surface area contributed by atoms with Gasteiger partial charge in [-0.3, -0.25) is 4.99 Å². The van der Waals surface area contributed by atoms with Crippen molar-refractivity contribution in [2.24, 2.45) is 4.99 Å². The molecule has 0 heterocycles. The summed E-state index contributed by atoms with van der Waals surface area (Å²) in [6.07, 6.45) is 1.68. The molecule has 0 saturated carbocycles. The minimum atomic E-state index is -0.370. The zero-order valence-electron chi connectivity index (χ0n) is 14.6. The van der Waals surface area contributed by atoms with Gasteiger partial charge in [0.15, 0.2) is 6.61 Å². The first kappa shape index (κ1) is 17.7. The van der Waals surface area contributed by atoms with E-state index in [4.69, 9.17) is 9.47 Å². The van der Waals surface area contributed by atoms with Crippen molar-refractivity contribution in [2.75, 3.05) is 6.61 Å². The molecular formula is C20H23NO3. The Morgan fingerprint density at radius 1 is 1.12 bits per heavy atom. The largest absolute Gasteiger partial charge is 0.482 e. The van der Waals surface area contributed by atoms with E-state index in [1.807, 2.05) is 63.4 Å². The standard InChI is InChI=1S/C20H23NO3/c1-14(2)24-20(22)13-23-18-8-6-17(7-9-18)12-21-19-10-5-15(3)11-16(19)4/h5-12,14H,13H2,1-4H3. The van der Waals surface area contributed by atoms with Crippen molar-refractivity contribution >= 4 is 17.9 Å². The highest BCUT2D eigenvalue weighted by Gasteiger charge is 2.06. The van der Waals surface area contributed by atoms with Crippen molar-refractivity contribution in [3.8, 4) is 5.75 Å².